The van der Waals surface area contributed by atoms with Crippen molar-refractivity contribution in [2.75, 3.05) is 26.6 Å². The third kappa shape index (κ3) is 14.4. The van der Waals surface area contributed by atoms with E-state index in [9.17, 15) is 24.0 Å². The van der Waals surface area contributed by atoms with Gasteiger partial charge < -0.3 is 39.6 Å². The van der Waals surface area contributed by atoms with Crippen LogP contribution in [0.5, 0.6) is 17.6 Å². The number of hydrogen-bond acceptors (Lipinski definition) is 19. The molecule has 3 aliphatic heterocycles. The van der Waals surface area contributed by atoms with Crippen molar-refractivity contribution in [2.24, 2.45) is 14.1 Å². The minimum absolute atomic E-state index is 0.145. The van der Waals surface area contributed by atoms with Crippen molar-refractivity contribution in [3.05, 3.63) is 110 Å². The van der Waals surface area contributed by atoms with E-state index in [-0.39, 0.29) is 34.6 Å². The number of halogens is 4. The van der Waals surface area contributed by atoms with Gasteiger partial charge in [-0.1, -0.05) is 45.8 Å². The van der Waals surface area contributed by atoms with Crippen LogP contribution in [0.2, 0.25) is 10.3 Å². The Hall–Kier alpha value is -8.08. The molecule has 10 rings (SSSR count). The molecule has 414 valence electrons. The zero-order valence-corrected chi connectivity index (χ0v) is 48.4. The van der Waals surface area contributed by atoms with Gasteiger partial charge in [0, 0.05) is 43.8 Å². The number of fused-ring (bicyclic) bond motifs is 3. The van der Waals surface area contributed by atoms with Crippen LogP contribution in [0.3, 0.4) is 0 Å². The van der Waals surface area contributed by atoms with E-state index in [0.717, 1.165) is 0 Å². The molecule has 0 fully saturated rings. The first-order valence-electron chi connectivity index (χ1n) is 23.5. The summed E-state index contributed by atoms with van der Waals surface area (Å²) in [5, 5.41) is 29.5. The van der Waals surface area contributed by atoms with Gasteiger partial charge in [-0.2, -0.15) is 0 Å². The van der Waals surface area contributed by atoms with Gasteiger partial charge in [-0.05, 0) is 136 Å². The molecule has 7 aromatic heterocycles. The molecule has 30 heteroatoms. The van der Waals surface area contributed by atoms with E-state index >= 15 is 0 Å². The topological polar surface area (TPSA) is 318 Å². The fourth-order valence-corrected chi connectivity index (χ4v) is 8.09. The number of ether oxygens (including phenoxy) is 5. The molecule has 10 heterocycles. The fourth-order valence-electron chi connectivity index (χ4n) is 6.82. The van der Waals surface area contributed by atoms with Crippen LogP contribution in [0.15, 0.2) is 88.5 Å². The predicted octanol–water partition coefficient (Wildman–Crippen LogP) is 9.43. The monoisotopic (exact) mass is 1250 g/mol. The summed E-state index contributed by atoms with van der Waals surface area (Å²) in [6, 6.07) is 17.2. The highest BCUT2D eigenvalue weighted by molar-refractivity contribution is 9.10. The second kappa shape index (κ2) is 24.3. The molecule has 5 amide bonds. The minimum atomic E-state index is -1.07. The molecule has 0 saturated heterocycles. The van der Waals surface area contributed by atoms with Crippen LogP contribution in [0.25, 0.3) is 11.4 Å². The first-order valence-corrected chi connectivity index (χ1v) is 25.8. The Morgan fingerprint density at radius 2 is 1.03 bits per heavy atom. The molecule has 5 N–H and O–H groups in total. The lowest BCUT2D eigenvalue weighted by atomic mass is 10.1. The summed E-state index contributed by atoms with van der Waals surface area (Å²) in [4.78, 5) is 79.8. The number of anilines is 5. The molecule has 0 saturated carbocycles. The average Bonchev–Trinajstić information content (AvgIpc) is 3.93. The molecule has 0 bridgehead atoms. The molecule has 2 atom stereocenters. The molecule has 3 aliphatic rings. The largest absolute Gasteiger partial charge is 0.460 e. The lowest BCUT2D eigenvalue weighted by Crippen LogP contribution is -2.46. The van der Waals surface area contributed by atoms with Gasteiger partial charge in [0.15, 0.2) is 38.7 Å². The number of aromatic nitrogens is 11. The van der Waals surface area contributed by atoms with Crippen LogP contribution in [0.1, 0.15) is 78.7 Å². The summed E-state index contributed by atoms with van der Waals surface area (Å²) in [5.74, 6) is 1.27. The van der Waals surface area contributed by atoms with E-state index in [1.165, 1.54) is 9.36 Å². The zero-order chi connectivity index (χ0) is 57.6. The maximum Gasteiger partial charge on any atom is 0.413 e. The molecule has 0 radical (unpaired) electrons. The van der Waals surface area contributed by atoms with E-state index in [4.69, 9.17) is 46.9 Å². The molecule has 26 nitrogen and oxygen atoms in total. The zero-order valence-electron chi connectivity index (χ0n) is 43.7. The van der Waals surface area contributed by atoms with Crippen molar-refractivity contribution in [2.45, 2.75) is 84.4 Å². The third-order valence-electron chi connectivity index (χ3n) is 11.2. The number of nitrogens with zero attached hydrogens (tertiary/aromatic N) is 11. The van der Waals surface area contributed by atoms with Gasteiger partial charge >= 0.3 is 12.2 Å². The van der Waals surface area contributed by atoms with Crippen LogP contribution in [0.4, 0.5) is 38.3 Å². The van der Waals surface area contributed by atoms with Crippen LogP contribution in [-0.4, -0.2) is 102 Å². The first-order chi connectivity index (χ1) is 37.2. The summed E-state index contributed by atoms with van der Waals surface area (Å²) in [5.41, 5.74) is 0.817. The molecule has 0 unspecified atom stereocenters. The highest BCUT2D eigenvalue weighted by atomic mass is 79.9. The fraction of sp³-hybridized carbons (Fsp3) is 0.306. The van der Waals surface area contributed by atoms with Crippen LogP contribution < -0.4 is 40.8 Å². The van der Waals surface area contributed by atoms with Crippen molar-refractivity contribution in [1.82, 2.24) is 54.9 Å². The molecule has 0 aromatic carbocycles. The standard InChI is InChI=1S/C20H20ClN7O4.C11H11BrClN5O2.C9H9BrN2O2.C9H10N2O2/c1-10(11-6-5-9-22-15(11)21)31-19(30)25-16-14(26-27-28(16)4)12-7-8-13-17(23-12)32-20(2,3)18(29)24-13;1-6(7-4-3-5-14-9(7)13)20-11(19)15-10-8(12)16-17-18(10)2;1-9(2)8(13)11-5-3-4-6(10)12-7(5)14-9;1-9(2)8(12)11-6-4-3-5-10-7(6)13-9/h5-10H,1-4H3,(H,24,29)(H,25,30);3-6H,1-2H3,(H,15,19);3-4H,1-2H3,(H,11,13);3-5H,1-2H3,(H,11,12)/t10-;6-;;/m11../s1. The predicted molar refractivity (Wildman–Crippen MR) is 295 cm³/mol. The van der Waals surface area contributed by atoms with Gasteiger partial charge in [-0.3, -0.25) is 25.0 Å². The summed E-state index contributed by atoms with van der Waals surface area (Å²) in [6.45, 7) is 13.5. The normalized spacial score (nSPS) is 15.4. The summed E-state index contributed by atoms with van der Waals surface area (Å²) in [7, 11) is 3.26. The highest BCUT2D eigenvalue weighted by Crippen LogP contribution is 2.37. The summed E-state index contributed by atoms with van der Waals surface area (Å²) < 4.78 is 31.2. The number of carbonyl (C=O) groups excluding carboxylic acids is 5. The van der Waals surface area contributed by atoms with E-state index in [1.807, 2.05) is 0 Å². The smallest absolute Gasteiger partial charge is 0.413 e. The summed E-state index contributed by atoms with van der Waals surface area (Å²) in [6.07, 6.45) is 2.21. The van der Waals surface area contributed by atoms with Crippen LogP contribution in [0, 0.1) is 0 Å². The lowest BCUT2D eigenvalue weighted by Gasteiger charge is -2.30. The second-order valence-electron chi connectivity index (χ2n) is 18.5. The van der Waals surface area contributed by atoms with E-state index in [2.05, 4.69) is 104 Å². The van der Waals surface area contributed by atoms with Crippen molar-refractivity contribution in [3.63, 3.8) is 0 Å². The Morgan fingerprint density at radius 1 is 0.595 bits per heavy atom. The van der Waals surface area contributed by atoms with Gasteiger partial charge in [-0.15, -0.1) is 10.2 Å². The molecular formula is C49H50Br2Cl2N16O10. The molecule has 79 heavy (non-hydrogen) atoms. The van der Waals surface area contributed by atoms with Crippen molar-refractivity contribution in [3.8, 4) is 29.0 Å². The van der Waals surface area contributed by atoms with Gasteiger partial charge in [0.25, 0.3) is 17.7 Å². The Balaban J connectivity index is 0.000000164. The Morgan fingerprint density at radius 3 is 1.53 bits per heavy atom. The Labute approximate surface area is 477 Å². The molecule has 7 aromatic rings. The number of rotatable bonds is 7. The Bertz CT molecular complexity index is 3430. The number of aryl methyl sites for hydroxylation is 2. The van der Waals surface area contributed by atoms with Gasteiger partial charge in [0.1, 0.15) is 44.2 Å². The third-order valence-corrected chi connectivity index (χ3v) is 12.8. The van der Waals surface area contributed by atoms with Crippen molar-refractivity contribution >= 4 is 114 Å². The quantitative estimate of drug-likeness (QED) is 0.0927. The van der Waals surface area contributed by atoms with Crippen molar-refractivity contribution < 1.29 is 47.7 Å². The van der Waals surface area contributed by atoms with E-state index in [1.54, 1.807) is 149 Å². The number of pyridine rings is 5. The molecule has 0 spiro atoms. The average molecular weight is 1250 g/mol. The van der Waals surface area contributed by atoms with E-state index in [0.29, 0.717) is 71.5 Å². The number of hydrogen-bond donors (Lipinski definition) is 5. The lowest BCUT2D eigenvalue weighted by molar-refractivity contribution is -0.130. The maximum atomic E-state index is 12.5. The van der Waals surface area contributed by atoms with Crippen LogP contribution >= 0.6 is 55.1 Å². The SMILES string of the molecule is CC1(C)Oc2nc(Br)ccc2NC1=O.CC1(C)Oc2ncccc2NC1=O.C[C@@H](OC(=O)Nc1c(-c2ccc3c(n2)OC(C)(C)C(=O)N3)nnn1C)c1cccnc1Cl.C[C@@H](OC(=O)Nc1c(Br)nnn1C)c1cccnc1Cl. The number of carbonyl (C=O) groups is 5. The highest BCUT2D eigenvalue weighted by Gasteiger charge is 2.38. The minimum Gasteiger partial charge on any atom is -0.460 e. The van der Waals surface area contributed by atoms with E-state index < -0.39 is 41.2 Å². The number of amides is 5. The Kier molecular flexibility index (Phi) is 18.0. The second-order valence-corrected chi connectivity index (χ2v) is 20.7. The van der Waals surface area contributed by atoms with Crippen LogP contribution in [-0.2, 0) is 38.0 Å². The first kappa shape index (κ1) is 58.6. The number of nitrogens with one attached hydrogen (secondary N) is 5. The van der Waals surface area contributed by atoms with Gasteiger partial charge in [0.05, 0.1) is 5.69 Å². The molecule has 0 aliphatic carbocycles. The molecular weight excluding hydrogens is 1200 g/mol. The van der Waals surface area contributed by atoms with Gasteiger partial charge in [-0.25, -0.2) is 43.9 Å². The summed E-state index contributed by atoms with van der Waals surface area (Å²) >= 11 is 18.4. The maximum absolute atomic E-state index is 12.5. The van der Waals surface area contributed by atoms with Gasteiger partial charge in [0.2, 0.25) is 17.6 Å². The van der Waals surface area contributed by atoms with Crippen molar-refractivity contribution in [1.29, 1.82) is 0 Å².